The largest absolute Gasteiger partial charge is 0.468 e. The summed E-state index contributed by atoms with van der Waals surface area (Å²) < 4.78 is 174. The van der Waals surface area contributed by atoms with Crippen LogP contribution in [0.4, 0.5) is 0 Å². The van der Waals surface area contributed by atoms with Crippen LogP contribution in [0.5, 0.6) is 0 Å². The highest BCUT2D eigenvalue weighted by Gasteiger charge is 2.37. The zero-order valence-corrected chi connectivity index (χ0v) is 50.9. The van der Waals surface area contributed by atoms with Crippen molar-refractivity contribution in [1.29, 1.82) is 0 Å². The van der Waals surface area contributed by atoms with Crippen molar-refractivity contribution in [3.63, 3.8) is 0 Å². The molecule has 406 valence electrons. The molecule has 0 rings (SSSR count). The van der Waals surface area contributed by atoms with Crippen LogP contribution >= 0.6 is 0 Å². The van der Waals surface area contributed by atoms with Gasteiger partial charge in [-0.05, 0) is 77.8 Å². The summed E-state index contributed by atoms with van der Waals surface area (Å²) in [4.78, 5) is 7.25. The molecule has 2 unspecified atom stereocenters. The van der Waals surface area contributed by atoms with E-state index in [4.69, 9.17) is 34.2 Å². The highest BCUT2D eigenvalue weighted by molar-refractivity contribution is 7.86. The molecule has 0 saturated heterocycles. The maximum Gasteiger partial charge on any atom is 0.468 e. The molecule has 6 N–H and O–H groups in total. The van der Waals surface area contributed by atoms with Gasteiger partial charge in [0.05, 0.1) is 48.4 Å². The molecule has 0 aromatic rings. The Morgan fingerprint density at radius 2 is 0.700 bits per heavy atom. The molecule has 0 aromatic heterocycles. The van der Waals surface area contributed by atoms with Crippen LogP contribution in [0.15, 0.2) is 0 Å². The molecule has 38 heteroatoms. The molecule has 0 saturated carbocycles. The van der Waals surface area contributed by atoms with Crippen LogP contribution in [-0.2, 0) is 74.6 Å². The Balaban J connectivity index is 6.10. The van der Waals surface area contributed by atoms with Crippen molar-refractivity contribution in [2.24, 2.45) is 0 Å². The van der Waals surface area contributed by atoms with E-state index in [2.05, 4.69) is 41.9 Å². The molecule has 0 amide bonds. The molecular formula is C32H70N4O22S4Si8. The van der Waals surface area contributed by atoms with Crippen LogP contribution in [-0.4, -0.2) is 301 Å². The van der Waals surface area contributed by atoms with Gasteiger partial charge in [-0.1, -0.05) is 0 Å². The fraction of sp³-hybridized carbons (Fsp3) is 1.00. The van der Waals surface area contributed by atoms with E-state index in [0.717, 1.165) is 0 Å². The summed E-state index contributed by atoms with van der Waals surface area (Å²) in [5, 5.41) is 21.9. The van der Waals surface area contributed by atoms with E-state index in [1.165, 1.54) is 0 Å². The van der Waals surface area contributed by atoms with E-state index < -0.39 is 93.3 Å². The lowest BCUT2D eigenvalue weighted by molar-refractivity contribution is 0.0138. The summed E-state index contributed by atoms with van der Waals surface area (Å²) in [7, 11) is -11.1. The van der Waals surface area contributed by atoms with E-state index >= 15 is 0 Å². The van der Waals surface area contributed by atoms with Crippen LogP contribution in [0.25, 0.3) is 0 Å². The van der Waals surface area contributed by atoms with Gasteiger partial charge in [-0.15, -0.1) is 0 Å². The maximum atomic E-state index is 11.7. The van der Waals surface area contributed by atoms with Crippen LogP contribution in [0, 0.1) is 0 Å². The Morgan fingerprint density at radius 3 is 0.943 bits per heavy atom. The van der Waals surface area contributed by atoms with Crippen molar-refractivity contribution < 1.29 is 96.3 Å². The first kappa shape index (κ1) is 70.8. The molecule has 0 aromatic carbocycles. The average Bonchev–Trinajstić information content (AvgIpc) is 3.25. The molecule has 26 nitrogen and oxygen atoms in total. The second-order valence-corrected chi connectivity index (χ2v) is 31.6. The standard InChI is InChI=1S/C32H70N4O22S4Si8/c1-67-57-69(53-63,54-64)25-7-19-51-29-31(37)27-35(11-5-23-61(45,46)47)17-15-33(9-3-21-59(39,40)41)13-14-34(10-4-22-60(42,43)44)16-18-36(12-6-24-62(48,49)50)28-32(38)30-52-20-8-26-70(55-65,56-66)58-68-2/h31-32,37-38H,3-30H2,1-2H3,(H,39,40,41)(H,42,43,44)(H,45,46,47)(H,48,49,50). The van der Waals surface area contributed by atoms with E-state index in [9.17, 15) is 62.1 Å². The van der Waals surface area contributed by atoms with Crippen molar-refractivity contribution >= 4 is 120 Å². The number of hydrogen-bond acceptors (Lipinski definition) is 22. The fourth-order valence-electron chi connectivity index (χ4n) is 6.65. The average molecular weight is 1220 g/mol. The number of aliphatic hydroxyl groups is 2. The highest BCUT2D eigenvalue weighted by atomic mass is 32.2. The molecule has 0 aliphatic heterocycles. The third kappa shape index (κ3) is 39.2. The fourth-order valence-corrected chi connectivity index (χ4v) is 18.0. The predicted octanol–water partition coefficient (Wildman–Crippen LogP) is -3.51. The van der Waals surface area contributed by atoms with Gasteiger partial charge >= 0.3 is 17.6 Å². The van der Waals surface area contributed by atoms with Gasteiger partial charge in [-0.2, -0.15) is 33.7 Å². The quantitative estimate of drug-likeness (QED) is 0.0195. The summed E-state index contributed by atoms with van der Waals surface area (Å²) >= 11 is 0. The second kappa shape index (κ2) is 38.4. The summed E-state index contributed by atoms with van der Waals surface area (Å²) in [5.74, 6) is -2.19. The lowest BCUT2D eigenvalue weighted by Crippen LogP contribution is -2.46. The summed E-state index contributed by atoms with van der Waals surface area (Å²) in [6.45, 7) is 5.91. The summed E-state index contributed by atoms with van der Waals surface area (Å²) in [6.07, 6.45) is -1.09. The topological polar surface area (TPSA) is 345 Å². The van der Waals surface area contributed by atoms with Gasteiger partial charge in [-0.25, -0.2) is 0 Å². The lowest BCUT2D eigenvalue weighted by atomic mass is 10.2. The molecule has 70 heavy (non-hydrogen) atoms. The Labute approximate surface area is 436 Å². The van der Waals surface area contributed by atoms with Crippen molar-refractivity contribution in [2.45, 2.75) is 75.9 Å². The molecule has 16 radical (unpaired) electrons. The van der Waals surface area contributed by atoms with E-state index in [1.807, 2.05) is 22.9 Å². The molecule has 0 aliphatic carbocycles. The number of rotatable bonds is 49. The van der Waals surface area contributed by atoms with Crippen LogP contribution in [0.1, 0.15) is 38.5 Å². The minimum absolute atomic E-state index is 0.0120. The van der Waals surface area contributed by atoms with Gasteiger partial charge in [0.25, 0.3) is 40.5 Å². The van der Waals surface area contributed by atoms with Gasteiger partial charge in [0.2, 0.25) is 61.5 Å². The first-order valence-electron chi connectivity index (χ1n) is 22.0. The molecule has 0 fully saturated rings. The van der Waals surface area contributed by atoms with Crippen molar-refractivity contribution in [3.05, 3.63) is 0 Å². The minimum Gasteiger partial charge on any atom is -0.416 e. The number of aliphatic hydroxyl groups excluding tert-OH is 2. The number of hydrogen-bond donors (Lipinski definition) is 6. The zero-order valence-electron chi connectivity index (χ0n) is 39.6. The van der Waals surface area contributed by atoms with Gasteiger partial charge < -0.3 is 54.2 Å². The van der Waals surface area contributed by atoms with Crippen LogP contribution in [0.2, 0.25) is 25.2 Å². The first-order valence-corrected chi connectivity index (χ1v) is 36.7. The summed E-state index contributed by atoms with van der Waals surface area (Å²) in [5.41, 5.74) is 0. The molecule has 0 spiro atoms. The molecular weight excluding hydrogens is 1150 g/mol. The first-order chi connectivity index (χ1) is 32.7. The number of ether oxygens (including phenoxy) is 2. The maximum absolute atomic E-state index is 11.7. The van der Waals surface area contributed by atoms with Gasteiger partial charge in [-0.3, -0.25) is 28.0 Å². The highest BCUT2D eigenvalue weighted by Crippen LogP contribution is 2.16. The van der Waals surface area contributed by atoms with Crippen molar-refractivity contribution in [2.75, 3.05) is 128 Å². The zero-order chi connectivity index (χ0) is 53.3. The van der Waals surface area contributed by atoms with Crippen molar-refractivity contribution in [3.8, 4) is 0 Å². The lowest BCUT2D eigenvalue weighted by Gasteiger charge is -2.32. The molecule has 0 bridgehead atoms. The van der Waals surface area contributed by atoms with Crippen LogP contribution < -0.4 is 0 Å². The van der Waals surface area contributed by atoms with Crippen molar-refractivity contribution in [1.82, 2.24) is 19.6 Å². The number of nitrogens with zero attached hydrogens (tertiary/aromatic N) is 4. The predicted molar refractivity (Wildman–Crippen MR) is 267 cm³/mol. The SMILES string of the molecule is C[Si]O[Si](CCCOCC(O)CN(CCCS(=O)(=O)O)CCN(CCCS(=O)(=O)O)CCN(CCCS(=O)(=O)O)CCN(CCCS(=O)(=O)O)CC(O)COCCC[Si](O[Si])(O[Si])O[Si]C)(O[Si])O[Si]. The van der Waals surface area contributed by atoms with E-state index in [1.54, 1.807) is 9.80 Å². The monoisotopic (exact) mass is 1210 g/mol. The second-order valence-electron chi connectivity index (χ2n) is 15.9. The molecule has 0 aliphatic rings. The van der Waals surface area contributed by atoms with Gasteiger partial charge in [0.1, 0.15) is 0 Å². The Morgan fingerprint density at radius 1 is 0.443 bits per heavy atom. The third-order valence-electron chi connectivity index (χ3n) is 9.94. The Bertz CT molecular complexity index is 1680. The third-order valence-corrected chi connectivity index (χ3v) is 24.2. The van der Waals surface area contributed by atoms with E-state index in [0.29, 0.717) is 24.9 Å². The smallest absolute Gasteiger partial charge is 0.416 e. The Hall–Kier alpha value is 0.815. The van der Waals surface area contributed by atoms with E-state index in [-0.39, 0.29) is 150 Å². The normalized spacial score (nSPS) is 14.5. The van der Waals surface area contributed by atoms with Gasteiger partial charge in [0.15, 0.2) is 0 Å². The summed E-state index contributed by atoms with van der Waals surface area (Å²) in [6, 6.07) is 0.778. The molecule has 2 atom stereocenters. The minimum atomic E-state index is -4.33. The van der Waals surface area contributed by atoms with Gasteiger partial charge in [0, 0.05) is 77.7 Å². The molecule has 0 heterocycles. The Kier molecular flexibility index (Phi) is 38.8. The van der Waals surface area contributed by atoms with Crippen LogP contribution in [0.3, 0.4) is 0 Å².